The van der Waals surface area contributed by atoms with E-state index in [0.29, 0.717) is 33.2 Å². The first-order valence-electron chi connectivity index (χ1n) is 10.8. The number of anilines is 1. The Bertz CT molecular complexity index is 1410. The molecule has 0 atom stereocenters. The summed E-state index contributed by atoms with van der Waals surface area (Å²) in [6.45, 7) is 5.77. The molecule has 174 valence electrons. The Morgan fingerprint density at radius 1 is 1.06 bits per heavy atom. The van der Waals surface area contributed by atoms with Crippen LogP contribution in [0.3, 0.4) is 0 Å². The topological polar surface area (TPSA) is 77.8 Å². The second kappa shape index (κ2) is 10.0. The zero-order chi connectivity index (χ0) is 24.2. The van der Waals surface area contributed by atoms with E-state index in [-0.39, 0.29) is 29.6 Å². The SMILES string of the molecule is Cc1cc(Cl)ccc1NC(=O)COc1ccc2c(=O)c(Oc3ccccc3C(C)C)coc2c1. The molecule has 0 unspecified atom stereocenters. The number of ether oxygens (including phenoxy) is 2. The summed E-state index contributed by atoms with van der Waals surface area (Å²) in [4.78, 5) is 25.2. The third-order valence-electron chi connectivity index (χ3n) is 5.31. The van der Waals surface area contributed by atoms with Crippen molar-refractivity contribution < 1.29 is 18.7 Å². The number of nitrogens with one attached hydrogen (secondary N) is 1. The zero-order valence-corrected chi connectivity index (χ0v) is 19.8. The zero-order valence-electron chi connectivity index (χ0n) is 19.1. The number of hydrogen-bond donors (Lipinski definition) is 1. The predicted molar refractivity (Wildman–Crippen MR) is 133 cm³/mol. The van der Waals surface area contributed by atoms with Crippen molar-refractivity contribution in [2.24, 2.45) is 0 Å². The third kappa shape index (κ3) is 5.24. The fourth-order valence-electron chi connectivity index (χ4n) is 3.52. The Balaban J connectivity index is 1.47. The van der Waals surface area contributed by atoms with Crippen LogP contribution in [0.5, 0.6) is 17.2 Å². The number of rotatable bonds is 7. The van der Waals surface area contributed by atoms with Crippen molar-refractivity contribution in [1.82, 2.24) is 0 Å². The third-order valence-corrected chi connectivity index (χ3v) is 5.54. The van der Waals surface area contributed by atoms with E-state index >= 15 is 0 Å². The van der Waals surface area contributed by atoms with Crippen LogP contribution >= 0.6 is 11.6 Å². The van der Waals surface area contributed by atoms with Gasteiger partial charge in [-0.15, -0.1) is 0 Å². The van der Waals surface area contributed by atoms with Crippen LogP contribution in [0, 0.1) is 6.92 Å². The lowest BCUT2D eigenvalue weighted by molar-refractivity contribution is -0.118. The minimum Gasteiger partial charge on any atom is -0.484 e. The molecule has 0 aliphatic rings. The van der Waals surface area contributed by atoms with Gasteiger partial charge in [0.25, 0.3) is 5.91 Å². The molecule has 4 aromatic rings. The summed E-state index contributed by atoms with van der Waals surface area (Å²) in [5.74, 6) is 1.04. The van der Waals surface area contributed by atoms with Gasteiger partial charge in [-0.3, -0.25) is 9.59 Å². The van der Waals surface area contributed by atoms with Crippen molar-refractivity contribution in [1.29, 1.82) is 0 Å². The summed E-state index contributed by atoms with van der Waals surface area (Å²) >= 11 is 5.95. The maximum Gasteiger partial charge on any atom is 0.262 e. The van der Waals surface area contributed by atoms with Crippen LogP contribution in [0.15, 0.2) is 76.1 Å². The fourth-order valence-corrected chi connectivity index (χ4v) is 3.75. The molecular weight excluding hydrogens is 454 g/mol. The van der Waals surface area contributed by atoms with Crippen LogP contribution in [0.4, 0.5) is 5.69 Å². The van der Waals surface area contributed by atoms with E-state index in [9.17, 15) is 9.59 Å². The van der Waals surface area contributed by atoms with Gasteiger partial charge >= 0.3 is 0 Å². The molecule has 4 rings (SSSR count). The summed E-state index contributed by atoms with van der Waals surface area (Å²) in [5.41, 5.74) is 2.55. The van der Waals surface area contributed by atoms with Crippen molar-refractivity contribution >= 4 is 34.2 Å². The van der Waals surface area contributed by atoms with Crippen LogP contribution < -0.4 is 20.2 Å². The standard InChI is InChI=1S/C27H24ClNO5/c1-16(2)20-6-4-5-7-23(20)34-25-14-33-24-13-19(9-10-21(24)27(25)31)32-15-26(30)29-22-11-8-18(28)12-17(22)3/h4-14,16H,15H2,1-3H3,(H,29,30). The molecule has 0 aliphatic carbocycles. The number of carbonyl (C=O) groups excluding carboxylic acids is 1. The first-order chi connectivity index (χ1) is 16.3. The van der Waals surface area contributed by atoms with Crippen LogP contribution in [-0.2, 0) is 4.79 Å². The van der Waals surface area contributed by atoms with Gasteiger partial charge < -0.3 is 19.2 Å². The van der Waals surface area contributed by atoms with Crippen LogP contribution in [0.25, 0.3) is 11.0 Å². The summed E-state index contributed by atoms with van der Waals surface area (Å²) in [6.07, 6.45) is 1.29. The number of amides is 1. The molecule has 0 radical (unpaired) electrons. The molecule has 3 aromatic carbocycles. The Morgan fingerprint density at radius 2 is 1.85 bits per heavy atom. The number of aryl methyl sites for hydroxylation is 1. The maximum absolute atomic E-state index is 13.0. The average Bonchev–Trinajstić information content (AvgIpc) is 2.81. The summed E-state index contributed by atoms with van der Waals surface area (Å²) < 4.78 is 17.1. The van der Waals surface area contributed by atoms with Gasteiger partial charge in [0.1, 0.15) is 23.3 Å². The monoisotopic (exact) mass is 477 g/mol. The quantitative estimate of drug-likeness (QED) is 0.321. The Labute approximate surface area is 202 Å². The largest absolute Gasteiger partial charge is 0.484 e. The number of carbonyl (C=O) groups is 1. The summed E-state index contributed by atoms with van der Waals surface area (Å²) in [7, 11) is 0. The molecule has 0 spiro atoms. The summed E-state index contributed by atoms with van der Waals surface area (Å²) in [6, 6.07) is 17.6. The number of hydrogen-bond acceptors (Lipinski definition) is 5. The molecule has 1 amide bonds. The van der Waals surface area contributed by atoms with Gasteiger partial charge in [0.05, 0.1) is 5.39 Å². The van der Waals surface area contributed by atoms with Crippen molar-refractivity contribution in [3.63, 3.8) is 0 Å². The molecule has 7 heteroatoms. The van der Waals surface area contributed by atoms with Crippen molar-refractivity contribution in [2.45, 2.75) is 26.7 Å². The molecule has 34 heavy (non-hydrogen) atoms. The molecule has 1 heterocycles. The predicted octanol–water partition coefficient (Wildman–Crippen LogP) is 6.69. The Morgan fingerprint density at radius 3 is 2.62 bits per heavy atom. The van der Waals surface area contributed by atoms with E-state index in [0.717, 1.165) is 11.1 Å². The molecule has 0 bridgehead atoms. The Hall–Kier alpha value is -3.77. The minimum absolute atomic E-state index is 0.104. The maximum atomic E-state index is 13.0. The van der Waals surface area contributed by atoms with Gasteiger partial charge in [0, 0.05) is 16.8 Å². The average molecular weight is 478 g/mol. The van der Waals surface area contributed by atoms with Gasteiger partial charge in [-0.1, -0.05) is 43.6 Å². The van der Waals surface area contributed by atoms with Gasteiger partial charge in [0.15, 0.2) is 6.61 Å². The van der Waals surface area contributed by atoms with Crippen molar-refractivity contribution in [3.05, 3.63) is 93.3 Å². The minimum atomic E-state index is -0.320. The van der Waals surface area contributed by atoms with Gasteiger partial charge in [0.2, 0.25) is 11.2 Å². The molecule has 0 saturated heterocycles. The van der Waals surface area contributed by atoms with Crippen LogP contribution in [0.1, 0.15) is 30.9 Å². The molecule has 1 N–H and O–H groups in total. The highest BCUT2D eigenvalue weighted by molar-refractivity contribution is 6.30. The smallest absolute Gasteiger partial charge is 0.262 e. The van der Waals surface area contributed by atoms with Gasteiger partial charge in [-0.05, 0) is 60.4 Å². The van der Waals surface area contributed by atoms with Gasteiger partial charge in [-0.2, -0.15) is 0 Å². The van der Waals surface area contributed by atoms with E-state index < -0.39 is 0 Å². The van der Waals surface area contributed by atoms with E-state index in [1.54, 1.807) is 36.4 Å². The number of para-hydroxylation sites is 1. The fraction of sp³-hybridized carbons (Fsp3) is 0.185. The first-order valence-corrected chi connectivity index (χ1v) is 11.2. The van der Waals surface area contributed by atoms with Crippen molar-refractivity contribution in [3.8, 4) is 17.2 Å². The Kier molecular flexibility index (Phi) is 6.89. The lowest BCUT2D eigenvalue weighted by Gasteiger charge is -2.13. The molecule has 1 aromatic heterocycles. The van der Waals surface area contributed by atoms with Crippen LogP contribution in [0.2, 0.25) is 5.02 Å². The second-order valence-corrected chi connectivity index (χ2v) is 8.61. The van der Waals surface area contributed by atoms with Gasteiger partial charge in [-0.25, -0.2) is 0 Å². The molecule has 0 fully saturated rings. The second-order valence-electron chi connectivity index (χ2n) is 8.18. The molecule has 6 nitrogen and oxygen atoms in total. The van der Waals surface area contributed by atoms with E-state index in [1.807, 2.05) is 31.2 Å². The number of halogens is 1. The number of benzene rings is 3. The molecule has 0 aliphatic heterocycles. The lowest BCUT2D eigenvalue weighted by Crippen LogP contribution is -2.20. The molecule has 0 saturated carbocycles. The lowest BCUT2D eigenvalue weighted by atomic mass is 10.0. The van der Waals surface area contributed by atoms with E-state index in [4.69, 9.17) is 25.5 Å². The van der Waals surface area contributed by atoms with E-state index in [2.05, 4.69) is 19.2 Å². The number of fused-ring (bicyclic) bond motifs is 1. The van der Waals surface area contributed by atoms with E-state index in [1.165, 1.54) is 6.26 Å². The normalized spacial score (nSPS) is 11.0. The van der Waals surface area contributed by atoms with Crippen molar-refractivity contribution in [2.75, 3.05) is 11.9 Å². The van der Waals surface area contributed by atoms with Crippen LogP contribution in [-0.4, -0.2) is 12.5 Å². The highest BCUT2D eigenvalue weighted by Gasteiger charge is 2.14. The highest BCUT2D eigenvalue weighted by Crippen LogP contribution is 2.30. The molecular formula is C27H24ClNO5. The summed E-state index contributed by atoms with van der Waals surface area (Å²) in [5, 5.41) is 3.74. The highest BCUT2D eigenvalue weighted by atomic mass is 35.5. The first kappa shape index (κ1) is 23.4.